The van der Waals surface area contributed by atoms with Crippen molar-refractivity contribution in [2.75, 3.05) is 12.4 Å². The SMILES string of the molecule is COc1ccccc1Nc1nnc(SCc2ccccc2F)s1. The van der Waals surface area contributed by atoms with Crippen molar-refractivity contribution in [3.8, 4) is 5.75 Å². The van der Waals surface area contributed by atoms with Crippen molar-refractivity contribution >= 4 is 33.9 Å². The fourth-order valence-corrected chi connectivity index (χ4v) is 3.69. The summed E-state index contributed by atoms with van der Waals surface area (Å²) < 4.78 is 19.7. The van der Waals surface area contributed by atoms with Crippen LogP contribution in [0.25, 0.3) is 0 Å². The molecule has 7 heteroatoms. The number of anilines is 2. The van der Waals surface area contributed by atoms with E-state index in [9.17, 15) is 4.39 Å². The normalized spacial score (nSPS) is 10.5. The molecule has 4 nitrogen and oxygen atoms in total. The number of ether oxygens (including phenoxy) is 1. The maximum Gasteiger partial charge on any atom is 0.210 e. The van der Waals surface area contributed by atoms with Crippen LogP contribution in [0.3, 0.4) is 0 Å². The molecule has 0 atom stereocenters. The van der Waals surface area contributed by atoms with Gasteiger partial charge < -0.3 is 10.1 Å². The Hall–Kier alpha value is -2.12. The maximum absolute atomic E-state index is 13.6. The molecule has 1 heterocycles. The van der Waals surface area contributed by atoms with E-state index < -0.39 is 0 Å². The van der Waals surface area contributed by atoms with Crippen LogP contribution in [0, 0.1) is 5.82 Å². The van der Waals surface area contributed by atoms with Gasteiger partial charge in [-0.25, -0.2) is 4.39 Å². The van der Waals surface area contributed by atoms with Crippen LogP contribution in [0.5, 0.6) is 5.75 Å². The summed E-state index contributed by atoms with van der Waals surface area (Å²) >= 11 is 2.89. The highest BCUT2D eigenvalue weighted by Crippen LogP contribution is 2.32. The Labute approximate surface area is 141 Å². The molecule has 3 rings (SSSR count). The van der Waals surface area contributed by atoms with E-state index in [1.54, 1.807) is 19.2 Å². The van der Waals surface area contributed by atoms with Gasteiger partial charge in [0, 0.05) is 5.75 Å². The molecule has 0 bridgehead atoms. The lowest BCUT2D eigenvalue weighted by atomic mass is 10.2. The highest BCUT2D eigenvalue weighted by atomic mass is 32.2. The van der Waals surface area contributed by atoms with Gasteiger partial charge in [0.15, 0.2) is 4.34 Å². The molecule has 0 saturated carbocycles. The third-order valence-electron chi connectivity index (χ3n) is 3.06. The van der Waals surface area contributed by atoms with Crippen LogP contribution in [0.4, 0.5) is 15.2 Å². The van der Waals surface area contributed by atoms with Gasteiger partial charge >= 0.3 is 0 Å². The first-order chi connectivity index (χ1) is 11.3. The van der Waals surface area contributed by atoms with Gasteiger partial charge in [-0.2, -0.15) is 0 Å². The van der Waals surface area contributed by atoms with E-state index in [-0.39, 0.29) is 5.82 Å². The number of methoxy groups -OCH3 is 1. The summed E-state index contributed by atoms with van der Waals surface area (Å²) in [6, 6.07) is 14.3. The predicted molar refractivity (Wildman–Crippen MR) is 92.1 cm³/mol. The topological polar surface area (TPSA) is 47.0 Å². The first-order valence-corrected chi connectivity index (χ1v) is 8.66. The van der Waals surface area contributed by atoms with Crippen LogP contribution in [0.1, 0.15) is 5.56 Å². The molecular formula is C16H14FN3OS2. The number of nitrogens with zero attached hydrogens (tertiary/aromatic N) is 2. The molecule has 23 heavy (non-hydrogen) atoms. The lowest BCUT2D eigenvalue weighted by molar-refractivity contribution is 0.417. The van der Waals surface area contributed by atoms with Gasteiger partial charge in [0.05, 0.1) is 12.8 Å². The van der Waals surface area contributed by atoms with Crippen molar-refractivity contribution in [3.05, 3.63) is 59.9 Å². The van der Waals surface area contributed by atoms with E-state index in [1.807, 2.05) is 30.3 Å². The number of halogens is 1. The van der Waals surface area contributed by atoms with Gasteiger partial charge in [0.1, 0.15) is 11.6 Å². The van der Waals surface area contributed by atoms with E-state index in [1.165, 1.54) is 29.2 Å². The summed E-state index contributed by atoms with van der Waals surface area (Å²) in [6.07, 6.45) is 0. The van der Waals surface area contributed by atoms with Crippen LogP contribution in [0.2, 0.25) is 0 Å². The number of hydrogen-bond donors (Lipinski definition) is 1. The number of nitrogens with one attached hydrogen (secondary N) is 1. The number of thioether (sulfide) groups is 1. The molecule has 0 aliphatic carbocycles. The number of rotatable bonds is 6. The molecule has 0 spiro atoms. The molecule has 118 valence electrons. The van der Waals surface area contributed by atoms with Crippen LogP contribution in [-0.2, 0) is 5.75 Å². The average Bonchev–Trinajstić information content (AvgIpc) is 3.02. The van der Waals surface area contributed by atoms with Crippen molar-refractivity contribution in [2.24, 2.45) is 0 Å². The minimum atomic E-state index is -0.197. The van der Waals surface area contributed by atoms with Gasteiger partial charge in [-0.05, 0) is 23.8 Å². The molecule has 0 aliphatic heterocycles. The third kappa shape index (κ3) is 4.00. The Balaban J connectivity index is 1.65. The van der Waals surface area contributed by atoms with E-state index >= 15 is 0 Å². The minimum Gasteiger partial charge on any atom is -0.495 e. The molecule has 1 aromatic heterocycles. The summed E-state index contributed by atoms with van der Waals surface area (Å²) in [6.45, 7) is 0. The Kier molecular flexibility index (Phi) is 5.09. The fourth-order valence-electron chi connectivity index (χ4n) is 1.94. The van der Waals surface area contributed by atoms with E-state index in [4.69, 9.17) is 4.74 Å². The zero-order chi connectivity index (χ0) is 16.1. The number of benzene rings is 2. The van der Waals surface area contributed by atoms with Crippen LogP contribution in [-0.4, -0.2) is 17.3 Å². The van der Waals surface area contributed by atoms with E-state index in [0.717, 1.165) is 15.8 Å². The zero-order valence-electron chi connectivity index (χ0n) is 12.3. The minimum absolute atomic E-state index is 0.197. The second-order valence-electron chi connectivity index (χ2n) is 4.58. The fraction of sp³-hybridized carbons (Fsp3) is 0.125. The Morgan fingerprint density at radius 2 is 1.91 bits per heavy atom. The van der Waals surface area contributed by atoms with Gasteiger partial charge in [0.25, 0.3) is 0 Å². The summed E-state index contributed by atoms with van der Waals surface area (Å²) in [5.74, 6) is 1.07. The zero-order valence-corrected chi connectivity index (χ0v) is 14.0. The number of hydrogen-bond acceptors (Lipinski definition) is 6. The smallest absolute Gasteiger partial charge is 0.210 e. The third-order valence-corrected chi connectivity index (χ3v) is 5.08. The van der Waals surface area contributed by atoms with Crippen molar-refractivity contribution < 1.29 is 9.13 Å². The van der Waals surface area contributed by atoms with Crippen LogP contribution < -0.4 is 10.1 Å². The van der Waals surface area contributed by atoms with E-state index in [0.29, 0.717) is 16.4 Å². The molecule has 0 saturated heterocycles. The maximum atomic E-state index is 13.6. The van der Waals surface area contributed by atoms with E-state index in [2.05, 4.69) is 15.5 Å². The molecule has 0 amide bonds. The van der Waals surface area contributed by atoms with Gasteiger partial charge in [-0.1, -0.05) is 53.4 Å². The standard InChI is InChI=1S/C16H14FN3OS2/c1-21-14-9-5-4-8-13(14)18-15-19-20-16(23-15)22-10-11-6-2-3-7-12(11)17/h2-9H,10H2,1H3,(H,18,19). The lowest BCUT2D eigenvalue weighted by Crippen LogP contribution is -1.93. The summed E-state index contributed by atoms with van der Waals surface area (Å²) in [4.78, 5) is 0. The molecule has 0 unspecified atom stereocenters. The first kappa shape index (κ1) is 15.8. The molecule has 2 aromatic carbocycles. The Morgan fingerprint density at radius 3 is 2.74 bits per heavy atom. The summed E-state index contributed by atoms with van der Waals surface area (Å²) in [5.41, 5.74) is 1.49. The van der Waals surface area contributed by atoms with Crippen molar-refractivity contribution in [2.45, 2.75) is 10.1 Å². The molecule has 1 N–H and O–H groups in total. The van der Waals surface area contributed by atoms with Crippen molar-refractivity contribution in [1.82, 2.24) is 10.2 Å². The molecule has 0 fully saturated rings. The second-order valence-corrected chi connectivity index (χ2v) is 6.78. The van der Waals surface area contributed by atoms with Crippen molar-refractivity contribution in [3.63, 3.8) is 0 Å². The molecule has 3 aromatic rings. The largest absolute Gasteiger partial charge is 0.495 e. The Bertz CT molecular complexity index is 794. The molecular weight excluding hydrogens is 333 g/mol. The first-order valence-electron chi connectivity index (χ1n) is 6.86. The highest BCUT2D eigenvalue weighted by Gasteiger charge is 2.09. The number of aromatic nitrogens is 2. The predicted octanol–water partition coefficient (Wildman–Crippen LogP) is 4.72. The highest BCUT2D eigenvalue weighted by molar-refractivity contribution is 8.00. The quantitative estimate of drug-likeness (QED) is 0.654. The Morgan fingerprint density at radius 1 is 1.13 bits per heavy atom. The second kappa shape index (κ2) is 7.43. The van der Waals surface area contributed by atoms with Crippen molar-refractivity contribution in [1.29, 1.82) is 0 Å². The van der Waals surface area contributed by atoms with Crippen LogP contribution >= 0.6 is 23.1 Å². The monoisotopic (exact) mass is 347 g/mol. The average molecular weight is 347 g/mol. The van der Waals surface area contributed by atoms with Gasteiger partial charge in [0.2, 0.25) is 5.13 Å². The lowest BCUT2D eigenvalue weighted by Gasteiger charge is -2.07. The van der Waals surface area contributed by atoms with Gasteiger partial charge in [-0.3, -0.25) is 0 Å². The number of para-hydroxylation sites is 2. The van der Waals surface area contributed by atoms with Crippen LogP contribution in [0.15, 0.2) is 52.9 Å². The van der Waals surface area contributed by atoms with Gasteiger partial charge in [-0.15, -0.1) is 10.2 Å². The summed E-state index contributed by atoms with van der Waals surface area (Å²) in [7, 11) is 1.62. The summed E-state index contributed by atoms with van der Waals surface area (Å²) in [5, 5.41) is 12.1. The molecule has 0 radical (unpaired) electrons. The molecule has 0 aliphatic rings.